The largest absolute Gasteiger partial charge is 0.327 e. The van der Waals surface area contributed by atoms with Crippen LogP contribution in [0.25, 0.3) is 0 Å². The van der Waals surface area contributed by atoms with Crippen LogP contribution in [0.15, 0.2) is 24.3 Å². The fraction of sp³-hybridized carbons (Fsp3) is 0.385. The molecule has 0 bridgehead atoms. The fourth-order valence-electron chi connectivity index (χ4n) is 2.40. The zero-order valence-electron chi connectivity index (χ0n) is 10.2. The highest BCUT2D eigenvalue weighted by Gasteiger charge is 2.42. The summed E-state index contributed by atoms with van der Waals surface area (Å²) in [5.41, 5.74) is 0.447. The molecule has 19 heavy (non-hydrogen) atoms. The molecule has 6 heteroatoms. The molecule has 1 atom stereocenters. The Balaban J connectivity index is 1.80. The van der Waals surface area contributed by atoms with Gasteiger partial charge in [-0.2, -0.15) is 0 Å². The minimum atomic E-state index is -0.363. The van der Waals surface area contributed by atoms with E-state index in [-0.39, 0.29) is 36.8 Å². The van der Waals surface area contributed by atoms with Gasteiger partial charge in [0.1, 0.15) is 18.4 Å². The van der Waals surface area contributed by atoms with Gasteiger partial charge in [0.05, 0.1) is 5.88 Å². The molecule has 0 unspecified atom stereocenters. The first-order chi connectivity index (χ1) is 9.16. The molecule has 0 aromatic heterocycles. The van der Waals surface area contributed by atoms with Crippen LogP contribution in [0.5, 0.6) is 0 Å². The summed E-state index contributed by atoms with van der Waals surface area (Å²) < 4.78 is 13.6. The summed E-state index contributed by atoms with van der Waals surface area (Å²) in [6, 6.07) is 5.98. The van der Waals surface area contributed by atoms with E-state index in [2.05, 4.69) is 0 Å². The molecule has 4 nitrogen and oxygen atoms in total. The first kappa shape index (κ1) is 12.5. The molecule has 0 spiro atoms. The molecular formula is C13H13FN2O2S. The second-order valence-corrected chi connectivity index (χ2v) is 5.66. The van der Waals surface area contributed by atoms with Gasteiger partial charge in [0.15, 0.2) is 0 Å². The van der Waals surface area contributed by atoms with Crippen LogP contribution in [0, 0.1) is 5.82 Å². The molecule has 2 heterocycles. The highest BCUT2D eigenvalue weighted by atomic mass is 32.2. The Hall–Kier alpha value is -1.56. The Morgan fingerprint density at radius 3 is 2.89 bits per heavy atom. The van der Waals surface area contributed by atoms with Crippen molar-refractivity contribution >= 4 is 23.6 Å². The van der Waals surface area contributed by atoms with Gasteiger partial charge < -0.3 is 9.80 Å². The minimum absolute atomic E-state index is 0.0459. The summed E-state index contributed by atoms with van der Waals surface area (Å²) in [7, 11) is 0. The van der Waals surface area contributed by atoms with Gasteiger partial charge >= 0.3 is 0 Å². The number of amides is 2. The smallest absolute Gasteiger partial charge is 0.247 e. The predicted octanol–water partition coefficient (Wildman–Crippen LogP) is 1.07. The SMILES string of the molecule is O=C1[C@@H]2CSCN2C(=O)CN1Cc1ccccc1F. The number of rotatable bonds is 2. The third-order valence-electron chi connectivity index (χ3n) is 3.44. The van der Waals surface area contributed by atoms with E-state index < -0.39 is 0 Å². The van der Waals surface area contributed by atoms with Crippen molar-refractivity contribution in [3.63, 3.8) is 0 Å². The van der Waals surface area contributed by atoms with Crippen molar-refractivity contribution < 1.29 is 14.0 Å². The number of hydrogen-bond donors (Lipinski definition) is 0. The van der Waals surface area contributed by atoms with Gasteiger partial charge in [0.2, 0.25) is 11.8 Å². The van der Waals surface area contributed by atoms with Crippen molar-refractivity contribution in [1.29, 1.82) is 0 Å². The number of thioether (sulfide) groups is 1. The first-order valence-electron chi connectivity index (χ1n) is 6.06. The van der Waals surface area contributed by atoms with E-state index >= 15 is 0 Å². The summed E-state index contributed by atoms with van der Waals surface area (Å²) in [4.78, 5) is 27.3. The van der Waals surface area contributed by atoms with Crippen LogP contribution in [-0.2, 0) is 16.1 Å². The molecule has 0 saturated carbocycles. The average molecular weight is 280 g/mol. The molecule has 0 aliphatic carbocycles. The summed E-state index contributed by atoms with van der Waals surface area (Å²) in [6.45, 7) is 0.205. The molecule has 2 aliphatic heterocycles. The van der Waals surface area contributed by atoms with Crippen LogP contribution in [0.4, 0.5) is 4.39 Å². The number of nitrogens with zero attached hydrogens (tertiary/aromatic N) is 2. The summed E-state index contributed by atoms with van der Waals surface area (Å²) in [5, 5.41) is 0. The second kappa shape index (κ2) is 4.85. The zero-order valence-corrected chi connectivity index (χ0v) is 11.0. The number of halogens is 1. The van der Waals surface area contributed by atoms with E-state index in [0.29, 0.717) is 17.2 Å². The number of carbonyl (C=O) groups excluding carboxylic acids is 2. The van der Waals surface area contributed by atoms with Crippen molar-refractivity contribution in [2.45, 2.75) is 12.6 Å². The van der Waals surface area contributed by atoms with E-state index in [4.69, 9.17) is 0 Å². The number of benzene rings is 1. The number of fused-ring (bicyclic) bond motifs is 1. The van der Waals surface area contributed by atoms with Crippen molar-refractivity contribution in [3.05, 3.63) is 35.6 Å². The molecule has 1 aromatic rings. The maximum Gasteiger partial charge on any atom is 0.247 e. The van der Waals surface area contributed by atoms with Crippen molar-refractivity contribution in [3.8, 4) is 0 Å². The van der Waals surface area contributed by atoms with Crippen LogP contribution < -0.4 is 0 Å². The Morgan fingerprint density at radius 1 is 1.32 bits per heavy atom. The Labute approximate surface area is 114 Å². The lowest BCUT2D eigenvalue weighted by atomic mass is 10.1. The molecule has 2 saturated heterocycles. The van der Waals surface area contributed by atoms with Crippen LogP contribution in [0.2, 0.25) is 0 Å². The lowest BCUT2D eigenvalue weighted by Gasteiger charge is -2.35. The van der Waals surface area contributed by atoms with Gasteiger partial charge in [-0.25, -0.2) is 4.39 Å². The zero-order chi connectivity index (χ0) is 13.4. The topological polar surface area (TPSA) is 40.6 Å². The van der Waals surface area contributed by atoms with Crippen molar-refractivity contribution in [1.82, 2.24) is 9.80 Å². The van der Waals surface area contributed by atoms with Gasteiger partial charge in [-0.3, -0.25) is 9.59 Å². The van der Waals surface area contributed by atoms with E-state index in [9.17, 15) is 14.0 Å². The van der Waals surface area contributed by atoms with E-state index in [1.165, 1.54) is 11.0 Å². The Bertz CT molecular complexity index is 537. The van der Waals surface area contributed by atoms with Gasteiger partial charge in [0, 0.05) is 17.9 Å². The highest BCUT2D eigenvalue weighted by molar-refractivity contribution is 7.99. The maximum absolute atomic E-state index is 13.6. The van der Waals surface area contributed by atoms with Gasteiger partial charge in [-0.15, -0.1) is 11.8 Å². The summed E-state index contributed by atoms with van der Waals surface area (Å²) >= 11 is 1.58. The molecule has 2 amide bonds. The average Bonchev–Trinajstić information content (AvgIpc) is 2.88. The third kappa shape index (κ3) is 2.20. The van der Waals surface area contributed by atoms with Crippen molar-refractivity contribution in [2.75, 3.05) is 18.2 Å². The van der Waals surface area contributed by atoms with Crippen LogP contribution in [0.3, 0.4) is 0 Å². The molecule has 0 radical (unpaired) electrons. The van der Waals surface area contributed by atoms with Crippen molar-refractivity contribution in [2.24, 2.45) is 0 Å². The fourth-order valence-corrected chi connectivity index (χ4v) is 3.57. The monoisotopic (exact) mass is 280 g/mol. The predicted molar refractivity (Wildman–Crippen MR) is 69.8 cm³/mol. The Morgan fingerprint density at radius 2 is 2.11 bits per heavy atom. The van der Waals surface area contributed by atoms with Crippen LogP contribution in [-0.4, -0.2) is 45.8 Å². The van der Waals surface area contributed by atoms with Crippen LogP contribution >= 0.6 is 11.8 Å². The van der Waals surface area contributed by atoms with Gasteiger partial charge in [-0.05, 0) is 6.07 Å². The molecule has 3 rings (SSSR count). The van der Waals surface area contributed by atoms with E-state index in [1.807, 2.05) is 0 Å². The molecular weight excluding hydrogens is 267 g/mol. The standard InChI is InChI=1S/C13H13FN2O2S/c14-10-4-2-1-3-9(10)5-15-6-12(17)16-8-19-7-11(16)13(15)18/h1-4,11H,5-8H2/t11-/m0/s1. The highest BCUT2D eigenvalue weighted by Crippen LogP contribution is 2.26. The van der Waals surface area contributed by atoms with E-state index in [1.54, 1.807) is 34.9 Å². The number of piperazine rings is 1. The molecule has 2 aliphatic rings. The quantitative estimate of drug-likeness (QED) is 0.813. The first-order valence-corrected chi connectivity index (χ1v) is 7.21. The normalized spacial score (nSPS) is 22.9. The second-order valence-electron chi connectivity index (χ2n) is 4.66. The molecule has 1 aromatic carbocycles. The third-order valence-corrected chi connectivity index (χ3v) is 4.46. The summed E-state index contributed by atoms with van der Waals surface area (Å²) in [6.07, 6.45) is 0. The maximum atomic E-state index is 13.6. The molecule has 100 valence electrons. The van der Waals surface area contributed by atoms with Gasteiger partial charge in [0.25, 0.3) is 0 Å². The van der Waals surface area contributed by atoms with Gasteiger partial charge in [-0.1, -0.05) is 18.2 Å². The van der Waals surface area contributed by atoms with E-state index in [0.717, 1.165) is 0 Å². The lowest BCUT2D eigenvalue weighted by molar-refractivity contribution is -0.153. The Kier molecular flexibility index (Phi) is 3.18. The summed E-state index contributed by atoms with van der Waals surface area (Å²) in [5.74, 6) is 0.756. The molecule has 2 fully saturated rings. The van der Waals surface area contributed by atoms with Crippen LogP contribution in [0.1, 0.15) is 5.56 Å². The number of carbonyl (C=O) groups is 2. The number of hydrogen-bond acceptors (Lipinski definition) is 3. The minimum Gasteiger partial charge on any atom is -0.327 e. The lowest BCUT2D eigenvalue weighted by Crippen LogP contribution is -2.57. The molecule has 0 N–H and O–H groups in total.